The Kier molecular flexibility index (Phi) is 7.42. The summed E-state index contributed by atoms with van der Waals surface area (Å²) < 4.78 is 2.67. The van der Waals surface area contributed by atoms with Crippen molar-refractivity contribution in [2.45, 2.75) is 19.3 Å². The van der Waals surface area contributed by atoms with Crippen molar-refractivity contribution in [3.8, 4) is 44.5 Å². The minimum atomic E-state index is -0.0871. The third kappa shape index (κ3) is 5.29. The normalized spacial score (nSPS) is 12.9. The Morgan fingerprint density at radius 3 is 1.60 bits per heavy atom. The van der Waals surface area contributed by atoms with Crippen molar-refractivity contribution < 1.29 is 0 Å². The van der Waals surface area contributed by atoms with Gasteiger partial charge in [-0.1, -0.05) is 159 Å². The molecule has 0 saturated heterocycles. The van der Waals surface area contributed by atoms with Crippen molar-refractivity contribution in [3.05, 3.63) is 199 Å². The van der Waals surface area contributed by atoms with Gasteiger partial charge in [0.15, 0.2) is 0 Å². The Hall–Kier alpha value is -6.22. The van der Waals surface area contributed by atoms with E-state index >= 15 is 0 Å². The van der Waals surface area contributed by atoms with Crippen LogP contribution in [-0.2, 0) is 5.41 Å². The molecule has 1 aromatic heterocycles. The molecule has 1 aliphatic carbocycles. The highest BCUT2D eigenvalue weighted by molar-refractivity contribution is 7.26. The lowest BCUT2D eigenvalue weighted by Gasteiger charge is -2.28. The number of thiophene rings is 1. The standard InChI is InChI=1S/C51H37NS/c1-51(2)47-17-8-6-13-43(47)44-32-31-41(33-48(44)51)52(39-27-23-37(24-28-39)36-21-19-35(20-22-36)34-11-4-3-5-12-34)40-29-25-38(26-30-40)42-15-10-16-46-45-14-7-9-18-49(45)53-50(42)46/h3-33H,1-2H3. The van der Waals surface area contributed by atoms with Gasteiger partial charge in [0, 0.05) is 42.6 Å². The zero-order valence-electron chi connectivity index (χ0n) is 29.8. The average molecular weight is 696 g/mol. The van der Waals surface area contributed by atoms with Gasteiger partial charge in [0.25, 0.3) is 0 Å². The Bertz CT molecular complexity index is 2770. The highest BCUT2D eigenvalue weighted by atomic mass is 32.1. The number of benzene rings is 8. The average Bonchev–Trinajstić information content (AvgIpc) is 3.71. The van der Waals surface area contributed by atoms with Gasteiger partial charge in [-0.2, -0.15) is 0 Å². The highest BCUT2D eigenvalue weighted by Crippen LogP contribution is 2.51. The van der Waals surface area contributed by atoms with Crippen molar-refractivity contribution in [1.29, 1.82) is 0 Å². The SMILES string of the molecule is CC1(C)c2ccccc2-c2ccc(N(c3ccc(-c4ccc(-c5ccccc5)cc4)cc3)c3ccc(-c4cccc5c4sc4ccccc45)cc3)cc21. The molecule has 0 atom stereocenters. The summed E-state index contributed by atoms with van der Waals surface area (Å²) in [7, 11) is 0. The number of hydrogen-bond acceptors (Lipinski definition) is 2. The molecule has 1 aliphatic rings. The molecule has 0 aliphatic heterocycles. The quantitative estimate of drug-likeness (QED) is 0.167. The molecule has 0 unspecified atom stereocenters. The van der Waals surface area contributed by atoms with Gasteiger partial charge >= 0.3 is 0 Å². The third-order valence-electron chi connectivity index (χ3n) is 11.1. The fourth-order valence-corrected chi connectivity index (χ4v) is 9.57. The fourth-order valence-electron chi connectivity index (χ4n) is 8.33. The summed E-state index contributed by atoms with van der Waals surface area (Å²) in [6.45, 7) is 4.71. The van der Waals surface area contributed by atoms with Crippen LogP contribution < -0.4 is 4.90 Å². The lowest BCUT2D eigenvalue weighted by molar-refractivity contribution is 0.660. The number of nitrogens with zero attached hydrogens (tertiary/aromatic N) is 1. The summed E-state index contributed by atoms with van der Waals surface area (Å²) in [5.74, 6) is 0. The summed E-state index contributed by atoms with van der Waals surface area (Å²) in [5, 5.41) is 2.65. The molecule has 9 aromatic rings. The van der Waals surface area contributed by atoms with E-state index in [2.05, 4.69) is 207 Å². The third-order valence-corrected chi connectivity index (χ3v) is 12.3. The van der Waals surface area contributed by atoms with Gasteiger partial charge in [0.05, 0.1) is 0 Å². The number of hydrogen-bond donors (Lipinski definition) is 0. The lowest BCUT2D eigenvalue weighted by Crippen LogP contribution is -2.16. The van der Waals surface area contributed by atoms with E-state index in [1.54, 1.807) is 0 Å². The Labute approximate surface area is 315 Å². The van der Waals surface area contributed by atoms with Gasteiger partial charge in [-0.05, 0) is 98.1 Å². The van der Waals surface area contributed by atoms with Gasteiger partial charge in [-0.3, -0.25) is 0 Å². The van der Waals surface area contributed by atoms with Crippen LogP contribution in [0.5, 0.6) is 0 Å². The van der Waals surface area contributed by atoms with Crippen LogP contribution in [0.15, 0.2) is 188 Å². The topological polar surface area (TPSA) is 3.24 Å². The van der Waals surface area contributed by atoms with Gasteiger partial charge in [0.1, 0.15) is 0 Å². The van der Waals surface area contributed by atoms with E-state index < -0.39 is 0 Å². The van der Waals surface area contributed by atoms with Gasteiger partial charge in [0.2, 0.25) is 0 Å². The Morgan fingerprint density at radius 1 is 0.377 bits per heavy atom. The molecule has 2 heteroatoms. The van der Waals surface area contributed by atoms with E-state index in [0.717, 1.165) is 17.1 Å². The molecule has 0 N–H and O–H groups in total. The van der Waals surface area contributed by atoms with Crippen LogP contribution >= 0.6 is 11.3 Å². The smallest absolute Gasteiger partial charge is 0.0465 e. The number of anilines is 3. The maximum Gasteiger partial charge on any atom is 0.0465 e. The fraction of sp³-hybridized carbons (Fsp3) is 0.0588. The van der Waals surface area contributed by atoms with Crippen LogP contribution in [-0.4, -0.2) is 0 Å². The molecule has 252 valence electrons. The van der Waals surface area contributed by atoms with E-state index in [0.29, 0.717) is 0 Å². The van der Waals surface area contributed by atoms with E-state index in [-0.39, 0.29) is 5.41 Å². The van der Waals surface area contributed by atoms with Crippen LogP contribution in [0, 0.1) is 0 Å². The molecular formula is C51H37NS. The zero-order chi connectivity index (χ0) is 35.5. The van der Waals surface area contributed by atoms with Crippen LogP contribution in [0.2, 0.25) is 0 Å². The van der Waals surface area contributed by atoms with Crippen LogP contribution in [0.1, 0.15) is 25.0 Å². The molecule has 0 radical (unpaired) electrons. The van der Waals surface area contributed by atoms with Crippen LogP contribution in [0.3, 0.4) is 0 Å². The summed E-state index contributed by atoms with van der Waals surface area (Å²) in [4.78, 5) is 2.41. The zero-order valence-corrected chi connectivity index (χ0v) is 30.6. The van der Waals surface area contributed by atoms with Crippen LogP contribution in [0.25, 0.3) is 64.7 Å². The molecule has 10 rings (SSSR count). The van der Waals surface area contributed by atoms with Crippen molar-refractivity contribution in [1.82, 2.24) is 0 Å². The van der Waals surface area contributed by atoms with E-state index in [9.17, 15) is 0 Å². The van der Waals surface area contributed by atoms with E-state index in [1.165, 1.54) is 75.8 Å². The summed E-state index contributed by atoms with van der Waals surface area (Å²) in [6, 6.07) is 69.0. The van der Waals surface area contributed by atoms with E-state index in [1.807, 2.05) is 11.3 Å². The number of rotatable bonds is 6. The van der Waals surface area contributed by atoms with Gasteiger partial charge in [-0.25, -0.2) is 0 Å². The molecule has 1 nitrogen and oxygen atoms in total. The second-order valence-electron chi connectivity index (χ2n) is 14.6. The molecule has 0 saturated carbocycles. The first kappa shape index (κ1) is 31.5. The maximum atomic E-state index is 2.41. The second-order valence-corrected chi connectivity index (χ2v) is 15.6. The van der Waals surface area contributed by atoms with Gasteiger partial charge in [-0.15, -0.1) is 11.3 Å². The predicted molar refractivity (Wildman–Crippen MR) is 228 cm³/mol. The first-order valence-corrected chi connectivity index (χ1v) is 19.2. The largest absolute Gasteiger partial charge is 0.310 e. The second kappa shape index (κ2) is 12.5. The van der Waals surface area contributed by atoms with Gasteiger partial charge < -0.3 is 4.90 Å². The first-order valence-electron chi connectivity index (χ1n) is 18.3. The summed E-state index contributed by atoms with van der Waals surface area (Å²) in [6.07, 6.45) is 0. The summed E-state index contributed by atoms with van der Waals surface area (Å²) in [5.41, 5.74) is 16.1. The molecule has 0 bridgehead atoms. The number of fused-ring (bicyclic) bond motifs is 6. The Balaban J connectivity index is 1.05. The monoisotopic (exact) mass is 695 g/mol. The molecular weight excluding hydrogens is 659 g/mol. The molecule has 0 fully saturated rings. The molecule has 0 spiro atoms. The lowest BCUT2D eigenvalue weighted by atomic mass is 9.82. The molecule has 8 aromatic carbocycles. The van der Waals surface area contributed by atoms with E-state index in [4.69, 9.17) is 0 Å². The molecule has 0 amide bonds. The highest BCUT2D eigenvalue weighted by Gasteiger charge is 2.35. The minimum Gasteiger partial charge on any atom is -0.310 e. The predicted octanol–water partition coefficient (Wildman–Crippen LogP) is 14.8. The maximum absolute atomic E-state index is 2.41. The first-order chi connectivity index (χ1) is 26.0. The van der Waals surface area contributed by atoms with Crippen molar-refractivity contribution in [2.24, 2.45) is 0 Å². The Morgan fingerprint density at radius 2 is 0.887 bits per heavy atom. The van der Waals surface area contributed by atoms with Crippen molar-refractivity contribution in [3.63, 3.8) is 0 Å². The van der Waals surface area contributed by atoms with Crippen molar-refractivity contribution in [2.75, 3.05) is 4.90 Å². The van der Waals surface area contributed by atoms with Crippen molar-refractivity contribution >= 4 is 48.6 Å². The molecule has 53 heavy (non-hydrogen) atoms. The summed E-state index contributed by atoms with van der Waals surface area (Å²) >= 11 is 1.88. The molecule has 1 heterocycles. The minimum absolute atomic E-state index is 0.0871. The van der Waals surface area contributed by atoms with Crippen LogP contribution in [0.4, 0.5) is 17.1 Å².